The van der Waals surface area contributed by atoms with Gasteiger partial charge < -0.3 is 15.0 Å². The zero-order valence-corrected chi connectivity index (χ0v) is 10.3. The first-order valence-corrected chi connectivity index (χ1v) is 6.05. The first-order chi connectivity index (χ1) is 8.19. The van der Waals surface area contributed by atoms with E-state index in [-0.39, 0.29) is 18.3 Å². The Bertz CT molecular complexity index is 424. The fourth-order valence-corrected chi connectivity index (χ4v) is 1.95. The lowest BCUT2D eigenvalue weighted by molar-refractivity contribution is -0.118. The van der Waals surface area contributed by atoms with E-state index >= 15 is 0 Å². The number of rotatable bonds is 6. The summed E-state index contributed by atoms with van der Waals surface area (Å²) < 4.78 is 1.74. The van der Waals surface area contributed by atoms with E-state index in [2.05, 4.69) is 10.3 Å². The van der Waals surface area contributed by atoms with Crippen LogP contribution in [0.5, 0.6) is 0 Å². The molecule has 0 saturated heterocycles. The average Bonchev–Trinajstić information content (AvgIpc) is 2.68. The van der Waals surface area contributed by atoms with Gasteiger partial charge in [0.05, 0.1) is 36.7 Å². The van der Waals surface area contributed by atoms with Gasteiger partial charge in [-0.25, -0.2) is 4.98 Å². The Morgan fingerprint density at radius 1 is 1.76 bits per heavy atom. The van der Waals surface area contributed by atoms with Crippen molar-refractivity contribution < 1.29 is 9.90 Å². The summed E-state index contributed by atoms with van der Waals surface area (Å²) in [5, 5.41) is 20.6. The number of nitriles is 1. The topological polar surface area (TPSA) is 90.9 Å². The number of aliphatic hydroxyl groups is 1. The molecule has 1 aromatic rings. The van der Waals surface area contributed by atoms with E-state index in [1.54, 1.807) is 17.8 Å². The molecule has 0 unspecified atom stereocenters. The zero-order chi connectivity index (χ0) is 12.7. The van der Waals surface area contributed by atoms with Gasteiger partial charge in [0.15, 0.2) is 5.16 Å². The van der Waals surface area contributed by atoms with Crippen LogP contribution in [-0.2, 0) is 18.4 Å². The molecular weight excluding hydrogens is 240 g/mol. The highest BCUT2D eigenvalue weighted by Gasteiger charge is 2.08. The third-order valence-corrected chi connectivity index (χ3v) is 3.14. The van der Waals surface area contributed by atoms with E-state index in [0.717, 1.165) is 0 Å². The number of thioether (sulfide) groups is 1. The lowest BCUT2D eigenvalue weighted by Crippen LogP contribution is -2.26. The molecule has 92 valence electrons. The van der Waals surface area contributed by atoms with Crippen molar-refractivity contribution in [2.45, 2.75) is 18.2 Å². The molecule has 0 bridgehead atoms. The first-order valence-electron chi connectivity index (χ1n) is 5.07. The minimum absolute atomic E-state index is 0.0710. The maximum Gasteiger partial charge on any atom is 0.230 e. The monoisotopic (exact) mass is 254 g/mol. The molecule has 17 heavy (non-hydrogen) atoms. The number of amides is 1. The highest BCUT2D eigenvalue weighted by Crippen LogP contribution is 2.16. The number of nitrogens with one attached hydrogen (secondary N) is 1. The molecule has 1 rings (SSSR count). The number of nitrogens with zero attached hydrogens (tertiary/aromatic N) is 3. The molecular formula is C10H14N4O2S. The van der Waals surface area contributed by atoms with Gasteiger partial charge in [0.1, 0.15) is 0 Å². The maximum atomic E-state index is 11.4. The van der Waals surface area contributed by atoms with Crippen LogP contribution in [0.2, 0.25) is 0 Å². The molecule has 1 heterocycles. The Kier molecular flexibility index (Phi) is 5.52. The predicted molar refractivity (Wildman–Crippen MR) is 63.1 cm³/mol. The van der Waals surface area contributed by atoms with Crippen molar-refractivity contribution in [2.75, 3.05) is 12.3 Å². The average molecular weight is 254 g/mol. The fraction of sp³-hybridized carbons (Fsp3) is 0.500. The molecule has 0 aliphatic heterocycles. The Balaban J connectivity index is 2.37. The van der Waals surface area contributed by atoms with Crippen LogP contribution in [-0.4, -0.2) is 32.9 Å². The molecule has 0 aliphatic rings. The number of aromatic nitrogens is 2. The lowest BCUT2D eigenvalue weighted by atomic mass is 10.4. The van der Waals surface area contributed by atoms with Crippen molar-refractivity contribution in [1.29, 1.82) is 5.26 Å². The highest BCUT2D eigenvalue weighted by atomic mass is 32.2. The number of aliphatic hydroxyl groups excluding tert-OH is 1. The van der Waals surface area contributed by atoms with Gasteiger partial charge in [0, 0.05) is 13.6 Å². The highest BCUT2D eigenvalue weighted by molar-refractivity contribution is 7.99. The van der Waals surface area contributed by atoms with Crippen LogP contribution in [0.3, 0.4) is 0 Å². The number of hydrogen-bond donors (Lipinski definition) is 2. The molecule has 2 N–H and O–H groups in total. The zero-order valence-electron chi connectivity index (χ0n) is 9.51. The van der Waals surface area contributed by atoms with Gasteiger partial charge in [-0.15, -0.1) is 0 Å². The number of carbonyl (C=O) groups excluding carboxylic acids is 1. The summed E-state index contributed by atoms with van der Waals surface area (Å²) in [4.78, 5) is 15.4. The standard InChI is InChI=1S/C10H14N4O2S/c1-14-8(6-15)5-13-10(14)17-7-9(16)12-4-2-3-11/h5,15H,2,4,6-7H2,1H3,(H,12,16). The molecule has 1 amide bonds. The van der Waals surface area contributed by atoms with Crippen molar-refractivity contribution in [3.8, 4) is 6.07 Å². The lowest BCUT2D eigenvalue weighted by Gasteiger charge is -2.04. The van der Waals surface area contributed by atoms with Crippen LogP contribution in [0, 0.1) is 11.3 Å². The van der Waals surface area contributed by atoms with Crippen molar-refractivity contribution in [1.82, 2.24) is 14.9 Å². The third kappa shape index (κ3) is 4.09. The second-order valence-corrected chi connectivity index (χ2v) is 4.24. The number of imidazole rings is 1. The third-order valence-electron chi connectivity index (χ3n) is 2.10. The second-order valence-electron chi connectivity index (χ2n) is 3.30. The van der Waals surface area contributed by atoms with Crippen molar-refractivity contribution in [2.24, 2.45) is 7.05 Å². The van der Waals surface area contributed by atoms with Crippen LogP contribution >= 0.6 is 11.8 Å². The second kappa shape index (κ2) is 6.93. The Morgan fingerprint density at radius 3 is 3.12 bits per heavy atom. The maximum absolute atomic E-state index is 11.4. The van der Waals surface area contributed by atoms with Crippen molar-refractivity contribution in [3.05, 3.63) is 11.9 Å². The van der Waals surface area contributed by atoms with Gasteiger partial charge in [-0.3, -0.25) is 4.79 Å². The summed E-state index contributed by atoms with van der Waals surface area (Å²) in [5.74, 6) is 0.125. The molecule has 0 aromatic carbocycles. The Morgan fingerprint density at radius 2 is 2.53 bits per heavy atom. The molecule has 0 saturated carbocycles. The molecule has 0 fully saturated rings. The molecule has 0 aliphatic carbocycles. The van der Waals surface area contributed by atoms with Crippen molar-refractivity contribution >= 4 is 17.7 Å². The van der Waals surface area contributed by atoms with Crippen LogP contribution in [0.25, 0.3) is 0 Å². The van der Waals surface area contributed by atoms with Gasteiger partial charge in [0.2, 0.25) is 5.91 Å². The molecule has 0 spiro atoms. The normalized spacial score (nSPS) is 9.94. The van der Waals surface area contributed by atoms with Gasteiger partial charge >= 0.3 is 0 Å². The van der Waals surface area contributed by atoms with Gasteiger partial charge in [-0.1, -0.05) is 11.8 Å². The minimum Gasteiger partial charge on any atom is -0.390 e. The smallest absolute Gasteiger partial charge is 0.230 e. The summed E-state index contributed by atoms with van der Waals surface area (Å²) >= 11 is 1.30. The first kappa shape index (κ1) is 13.5. The van der Waals surface area contributed by atoms with Crippen LogP contribution in [0.1, 0.15) is 12.1 Å². The Hall–Kier alpha value is -1.52. The van der Waals surface area contributed by atoms with E-state index in [1.165, 1.54) is 11.8 Å². The predicted octanol–water partition coefficient (Wildman–Crippen LogP) is 0.0344. The van der Waals surface area contributed by atoms with Gasteiger partial charge in [-0.05, 0) is 0 Å². The fourth-order valence-electron chi connectivity index (χ4n) is 1.15. The summed E-state index contributed by atoms with van der Waals surface area (Å²) in [6, 6.07) is 1.95. The van der Waals surface area contributed by atoms with E-state index < -0.39 is 0 Å². The summed E-state index contributed by atoms with van der Waals surface area (Å²) in [6.07, 6.45) is 1.89. The van der Waals surface area contributed by atoms with E-state index in [0.29, 0.717) is 23.8 Å². The van der Waals surface area contributed by atoms with Gasteiger partial charge in [0.25, 0.3) is 0 Å². The van der Waals surface area contributed by atoms with Crippen LogP contribution < -0.4 is 5.32 Å². The quantitative estimate of drug-likeness (QED) is 0.552. The number of carbonyl (C=O) groups is 1. The SMILES string of the molecule is Cn1c(CO)cnc1SCC(=O)NCCC#N. The van der Waals surface area contributed by atoms with Crippen LogP contribution in [0.4, 0.5) is 0 Å². The van der Waals surface area contributed by atoms with E-state index in [1.807, 2.05) is 6.07 Å². The summed E-state index contributed by atoms with van der Waals surface area (Å²) in [5.41, 5.74) is 0.706. The molecule has 6 nitrogen and oxygen atoms in total. The summed E-state index contributed by atoms with van der Waals surface area (Å²) in [6.45, 7) is 0.302. The van der Waals surface area contributed by atoms with Crippen molar-refractivity contribution in [3.63, 3.8) is 0 Å². The van der Waals surface area contributed by atoms with Crippen LogP contribution in [0.15, 0.2) is 11.4 Å². The Labute approximate surface area is 104 Å². The molecule has 1 aromatic heterocycles. The van der Waals surface area contributed by atoms with E-state index in [9.17, 15) is 4.79 Å². The van der Waals surface area contributed by atoms with Gasteiger partial charge in [-0.2, -0.15) is 5.26 Å². The minimum atomic E-state index is -0.126. The summed E-state index contributed by atoms with van der Waals surface area (Å²) in [7, 11) is 1.79. The molecule has 7 heteroatoms. The molecule has 0 radical (unpaired) electrons. The number of hydrogen-bond acceptors (Lipinski definition) is 5. The van der Waals surface area contributed by atoms with E-state index in [4.69, 9.17) is 10.4 Å². The largest absolute Gasteiger partial charge is 0.390 e. The molecule has 0 atom stereocenters.